The van der Waals surface area contributed by atoms with E-state index < -0.39 is 18.2 Å². The first-order chi connectivity index (χ1) is 8.00. The molecule has 2 aromatic rings. The van der Waals surface area contributed by atoms with Crippen LogP contribution >= 0.6 is 15.9 Å². The second-order valence-electron chi connectivity index (χ2n) is 3.52. The van der Waals surface area contributed by atoms with Gasteiger partial charge >= 0.3 is 5.97 Å². The number of carboxylic acid groups (broad SMARTS) is 1. The van der Waals surface area contributed by atoms with E-state index in [-0.39, 0.29) is 0 Å². The molecule has 0 aliphatic carbocycles. The van der Waals surface area contributed by atoms with Gasteiger partial charge in [-0.3, -0.25) is 0 Å². The molecular weight excluding hydrogens is 292 g/mol. The Morgan fingerprint density at radius 1 is 1.47 bits per heavy atom. The Kier molecular flexibility index (Phi) is 3.14. The number of aliphatic carboxylic acids is 1. The SMILES string of the molecule is O=C(O)C(O)C(O)c1c[nH]c2ncc(Br)cc12. The molecule has 6 nitrogen and oxygen atoms in total. The minimum atomic E-state index is -1.87. The number of carboxylic acids is 1. The zero-order valence-corrected chi connectivity index (χ0v) is 10.0. The van der Waals surface area contributed by atoms with Gasteiger partial charge in [-0.05, 0) is 22.0 Å². The van der Waals surface area contributed by atoms with Gasteiger partial charge in [0, 0.05) is 27.8 Å². The molecule has 0 spiro atoms. The lowest BCUT2D eigenvalue weighted by Crippen LogP contribution is -2.27. The number of halogens is 1. The van der Waals surface area contributed by atoms with E-state index in [0.717, 1.165) is 0 Å². The molecule has 0 bridgehead atoms. The van der Waals surface area contributed by atoms with E-state index >= 15 is 0 Å². The summed E-state index contributed by atoms with van der Waals surface area (Å²) in [7, 11) is 0. The summed E-state index contributed by atoms with van der Waals surface area (Å²) in [5.41, 5.74) is 0.809. The van der Waals surface area contributed by atoms with E-state index in [1.54, 1.807) is 12.3 Å². The number of aliphatic hydroxyl groups excluding tert-OH is 2. The highest BCUT2D eigenvalue weighted by atomic mass is 79.9. The van der Waals surface area contributed by atoms with Crippen LogP contribution in [0.3, 0.4) is 0 Å². The third-order valence-corrected chi connectivity index (χ3v) is 2.83. The van der Waals surface area contributed by atoms with Gasteiger partial charge in [0.05, 0.1) is 0 Å². The second-order valence-corrected chi connectivity index (χ2v) is 4.44. The number of aliphatic hydroxyl groups is 2. The summed E-state index contributed by atoms with van der Waals surface area (Å²) < 4.78 is 0.697. The first kappa shape index (κ1) is 12.0. The number of H-pyrrole nitrogens is 1. The predicted octanol–water partition coefficient (Wildman–Crippen LogP) is 0.804. The second kappa shape index (κ2) is 4.44. The van der Waals surface area contributed by atoms with E-state index in [4.69, 9.17) is 5.11 Å². The van der Waals surface area contributed by atoms with E-state index in [2.05, 4.69) is 25.9 Å². The molecule has 90 valence electrons. The highest BCUT2D eigenvalue weighted by molar-refractivity contribution is 9.10. The highest BCUT2D eigenvalue weighted by Gasteiger charge is 2.27. The Labute approximate surface area is 104 Å². The lowest BCUT2D eigenvalue weighted by molar-refractivity contribution is -0.153. The molecule has 2 atom stereocenters. The largest absolute Gasteiger partial charge is 0.479 e. The summed E-state index contributed by atoms with van der Waals surface area (Å²) in [5, 5.41) is 28.2. The zero-order valence-electron chi connectivity index (χ0n) is 8.46. The molecule has 0 amide bonds. The lowest BCUT2D eigenvalue weighted by Gasteiger charge is -2.12. The predicted molar refractivity (Wildman–Crippen MR) is 62.4 cm³/mol. The van der Waals surface area contributed by atoms with E-state index in [9.17, 15) is 15.0 Å². The van der Waals surface area contributed by atoms with Gasteiger partial charge in [-0.25, -0.2) is 9.78 Å². The highest BCUT2D eigenvalue weighted by Crippen LogP contribution is 2.27. The molecule has 0 saturated carbocycles. The average Bonchev–Trinajstić information content (AvgIpc) is 2.69. The van der Waals surface area contributed by atoms with Crippen LogP contribution in [0.2, 0.25) is 0 Å². The summed E-state index contributed by atoms with van der Waals surface area (Å²) in [6, 6.07) is 1.69. The van der Waals surface area contributed by atoms with Crippen molar-refractivity contribution >= 4 is 32.9 Å². The number of nitrogens with one attached hydrogen (secondary N) is 1. The molecule has 0 aliphatic heterocycles. The molecule has 17 heavy (non-hydrogen) atoms. The normalized spacial score (nSPS) is 14.8. The first-order valence-corrected chi connectivity index (χ1v) is 5.51. The number of hydrogen-bond acceptors (Lipinski definition) is 4. The minimum absolute atomic E-state index is 0.295. The van der Waals surface area contributed by atoms with Crippen molar-refractivity contribution in [2.24, 2.45) is 0 Å². The number of pyridine rings is 1. The van der Waals surface area contributed by atoms with Gasteiger partial charge in [0.25, 0.3) is 0 Å². The first-order valence-electron chi connectivity index (χ1n) is 4.72. The smallest absolute Gasteiger partial charge is 0.335 e. The molecule has 0 saturated heterocycles. The molecule has 0 radical (unpaired) electrons. The van der Waals surface area contributed by atoms with Crippen molar-refractivity contribution in [1.29, 1.82) is 0 Å². The fraction of sp³-hybridized carbons (Fsp3) is 0.200. The van der Waals surface area contributed by atoms with Crippen LogP contribution < -0.4 is 0 Å². The van der Waals surface area contributed by atoms with Crippen LogP contribution in [-0.2, 0) is 4.79 Å². The van der Waals surface area contributed by atoms with Crippen LogP contribution in [0.25, 0.3) is 11.0 Å². The number of carbonyl (C=O) groups is 1. The topological polar surface area (TPSA) is 106 Å². The Morgan fingerprint density at radius 3 is 2.82 bits per heavy atom. The van der Waals surface area contributed by atoms with Crippen LogP contribution in [-0.4, -0.2) is 37.4 Å². The van der Waals surface area contributed by atoms with Crippen LogP contribution in [0.1, 0.15) is 11.7 Å². The van der Waals surface area contributed by atoms with Crippen molar-refractivity contribution in [3.63, 3.8) is 0 Å². The van der Waals surface area contributed by atoms with Crippen molar-refractivity contribution in [2.75, 3.05) is 0 Å². The lowest BCUT2D eigenvalue weighted by atomic mass is 10.0. The van der Waals surface area contributed by atoms with Crippen molar-refractivity contribution in [1.82, 2.24) is 9.97 Å². The molecule has 2 aromatic heterocycles. The Balaban J connectivity index is 2.48. The van der Waals surface area contributed by atoms with Crippen LogP contribution in [0.4, 0.5) is 0 Å². The molecule has 2 heterocycles. The maximum absolute atomic E-state index is 10.6. The molecule has 7 heteroatoms. The van der Waals surface area contributed by atoms with Gasteiger partial charge in [0.15, 0.2) is 6.10 Å². The summed E-state index contributed by atoms with van der Waals surface area (Å²) in [6.07, 6.45) is -0.367. The molecule has 2 unspecified atom stereocenters. The molecule has 0 fully saturated rings. The molecule has 4 N–H and O–H groups in total. The molecular formula is C10H9BrN2O4. The Bertz CT molecular complexity index is 568. The monoisotopic (exact) mass is 300 g/mol. The number of rotatable bonds is 3. The van der Waals surface area contributed by atoms with Crippen LogP contribution in [0, 0.1) is 0 Å². The summed E-state index contributed by atoms with van der Waals surface area (Å²) in [5.74, 6) is -1.48. The molecule has 0 aromatic carbocycles. The fourth-order valence-electron chi connectivity index (χ4n) is 1.55. The quantitative estimate of drug-likeness (QED) is 0.671. The third kappa shape index (κ3) is 2.17. The maximum atomic E-state index is 10.6. The number of aromatic nitrogens is 2. The summed E-state index contributed by atoms with van der Waals surface area (Å²) >= 11 is 3.23. The number of aromatic amines is 1. The summed E-state index contributed by atoms with van der Waals surface area (Å²) in [6.45, 7) is 0. The van der Waals surface area contributed by atoms with Gasteiger partial charge < -0.3 is 20.3 Å². The fourth-order valence-corrected chi connectivity index (χ4v) is 1.88. The van der Waals surface area contributed by atoms with Gasteiger partial charge in [-0.1, -0.05) is 0 Å². The molecule has 2 rings (SSSR count). The van der Waals surface area contributed by atoms with Crippen LogP contribution in [0.5, 0.6) is 0 Å². The zero-order chi connectivity index (χ0) is 12.6. The Hall–Kier alpha value is -1.44. The standard InChI is InChI=1S/C10H9BrN2O4/c11-4-1-5-6(3-13-9(5)12-2-4)7(14)8(15)10(16)17/h1-3,7-8,14-15H,(H,12,13)(H,16,17). The molecule has 0 aliphatic rings. The van der Waals surface area contributed by atoms with Gasteiger partial charge in [-0.15, -0.1) is 0 Å². The average molecular weight is 301 g/mol. The van der Waals surface area contributed by atoms with Crippen molar-refractivity contribution in [3.05, 3.63) is 28.5 Å². The van der Waals surface area contributed by atoms with E-state index in [1.165, 1.54) is 6.20 Å². The third-order valence-electron chi connectivity index (χ3n) is 2.40. The number of fused-ring (bicyclic) bond motifs is 1. The maximum Gasteiger partial charge on any atom is 0.335 e. The van der Waals surface area contributed by atoms with Crippen molar-refractivity contribution < 1.29 is 20.1 Å². The van der Waals surface area contributed by atoms with E-state index in [0.29, 0.717) is 21.1 Å². The van der Waals surface area contributed by atoms with E-state index in [1.807, 2.05) is 0 Å². The minimum Gasteiger partial charge on any atom is -0.479 e. The van der Waals surface area contributed by atoms with Crippen molar-refractivity contribution in [3.8, 4) is 0 Å². The number of hydrogen-bond donors (Lipinski definition) is 4. The van der Waals surface area contributed by atoms with Gasteiger partial charge in [0.1, 0.15) is 11.8 Å². The van der Waals surface area contributed by atoms with Gasteiger partial charge in [-0.2, -0.15) is 0 Å². The summed E-state index contributed by atoms with van der Waals surface area (Å²) in [4.78, 5) is 17.4. The number of nitrogens with zero attached hydrogens (tertiary/aromatic N) is 1. The Morgan fingerprint density at radius 2 is 2.18 bits per heavy atom. The van der Waals surface area contributed by atoms with Crippen LogP contribution in [0.15, 0.2) is 22.9 Å². The van der Waals surface area contributed by atoms with Crippen molar-refractivity contribution in [2.45, 2.75) is 12.2 Å². The van der Waals surface area contributed by atoms with Gasteiger partial charge in [0.2, 0.25) is 0 Å².